The summed E-state index contributed by atoms with van der Waals surface area (Å²) in [4.78, 5) is 16.4. The molecular formula is C20H19ClN2OS. The van der Waals surface area contributed by atoms with Gasteiger partial charge >= 0.3 is 0 Å². The number of carbonyl (C=O) groups excluding carboxylic acids is 1. The molecule has 0 aliphatic rings. The lowest BCUT2D eigenvalue weighted by molar-refractivity contribution is 0.103. The molecule has 0 saturated heterocycles. The summed E-state index contributed by atoms with van der Waals surface area (Å²) in [5, 5.41) is 3.73. The molecule has 0 atom stereocenters. The maximum Gasteiger partial charge on any atom is 0.265 e. The molecule has 25 heavy (non-hydrogen) atoms. The van der Waals surface area contributed by atoms with Gasteiger partial charge < -0.3 is 10.2 Å². The zero-order valence-corrected chi connectivity index (χ0v) is 15.7. The third-order valence-electron chi connectivity index (χ3n) is 3.71. The first kappa shape index (κ1) is 17.7. The molecule has 0 fully saturated rings. The third kappa shape index (κ3) is 4.48. The molecule has 128 valence electrons. The van der Waals surface area contributed by atoms with Crippen LogP contribution < -0.4 is 5.32 Å². The molecule has 0 aliphatic carbocycles. The van der Waals surface area contributed by atoms with Gasteiger partial charge in [-0.3, -0.25) is 4.79 Å². The van der Waals surface area contributed by atoms with Crippen molar-refractivity contribution in [1.29, 1.82) is 0 Å². The van der Waals surface area contributed by atoms with Crippen molar-refractivity contribution < 1.29 is 4.79 Å². The van der Waals surface area contributed by atoms with Gasteiger partial charge in [-0.1, -0.05) is 41.9 Å². The van der Waals surface area contributed by atoms with E-state index in [0.717, 1.165) is 28.2 Å². The highest BCUT2D eigenvalue weighted by atomic mass is 35.5. The van der Waals surface area contributed by atoms with Gasteiger partial charge in [-0.2, -0.15) is 0 Å². The van der Waals surface area contributed by atoms with Gasteiger partial charge in [-0.25, -0.2) is 0 Å². The van der Waals surface area contributed by atoms with Crippen LogP contribution in [-0.4, -0.2) is 24.9 Å². The number of rotatable bonds is 5. The summed E-state index contributed by atoms with van der Waals surface area (Å²) < 4.78 is 0. The summed E-state index contributed by atoms with van der Waals surface area (Å²) in [5.41, 5.74) is 3.00. The van der Waals surface area contributed by atoms with Crippen molar-refractivity contribution in [3.05, 3.63) is 76.1 Å². The second-order valence-corrected chi connectivity index (χ2v) is 7.54. The molecule has 0 saturated carbocycles. The average molecular weight is 371 g/mol. The number of carbonyl (C=O) groups is 1. The second kappa shape index (κ2) is 7.83. The third-order valence-corrected chi connectivity index (χ3v) is 5.10. The molecule has 2 aromatic carbocycles. The molecule has 0 radical (unpaired) electrons. The van der Waals surface area contributed by atoms with Gasteiger partial charge in [0, 0.05) is 22.1 Å². The van der Waals surface area contributed by atoms with E-state index in [1.165, 1.54) is 11.3 Å². The Labute approximate surface area is 156 Å². The minimum atomic E-state index is -0.0866. The van der Waals surface area contributed by atoms with Crippen molar-refractivity contribution in [2.75, 3.05) is 19.4 Å². The maximum absolute atomic E-state index is 12.6. The first-order valence-corrected chi connectivity index (χ1v) is 9.12. The van der Waals surface area contributed by atoms with E-state index in [1.807, 2.05) is 74.8 Å². The molecule has 1 aromatic heterocycles. The van der Waals surface area contributed by atoms with Crippen LogP contribution in [-0.2, 0) is 6.54 Å². The largest absolute Gasteiger partial charge is 0.321 e. The number of nitrogens with one attached hydrogen (secondary N) is 1. The van der Waals surface area contributed by atoms with E-state index in [4.69, 9.17) is 11.6 Å². The number of anilines is 1. The molecule has 1 N–H and O–H groups in total. The standard InChI is InChI=1S/C20H19ClN2OS/c1-23(2)13-15-5-3-4-6-17(15)22-20(24)19-12-11-18(25-19)14-7-9-16(21)10-8-14/h3-12H,13H2,1-2H3,(H,22,24). The number of halogens is 1. The molecule has 5 heteroatoms. The Bertz CT molecular complexity index is 871. The van der Waals surface area contributed by atoms with Gasteiger partial charge in [-0.15, -0.1) is 11.3 Å². The second-order valence-electron chi connectivity index (χ2n) is 6.02. The van der Waals surface area contributed by atoms with Crippen LogP contribution in [0.2, 0.25) is 5.02 Å². The highest BCUT2D eigenvalue weighted by Crippen LogP contribution is 2.29. The van der Waals surface area contributed by atoms with Crippen molar-refractivity contribution in [3.8, 4) is 10.4 Å². The van der Waals surface area contributed by atoms with E-state index in [1.54, 1.807) is 0 Å². The van der Waals surface area contributed by atoms with Crippen LogP contribution in [0, 0.1) is 0 Å². The van der Waals surface area contributed by atoms with Crippen LogP contribution in [0.5, 0.6) is 0 Å². The summed E-state index contributed by atoms with van der Waals surface area (Å²) >= 11 is 7.41. The fraction of sp³-hybridized carbons (Fsp3) is 0.150. The highest BCUT2D eigenvalue weighted by Gasteiger charge is 2.12. The smallest absolute Gasteiger partial charge is 0.265 e. The van der Waals surface area contributed by atoms with Gasteiger partial charge in [-0.05, 0) is 55.6 Å². The van der Waals surface area contributed by atoms with Crippen LogP contribution >= 0.6 is 22.9 Å². The van der Waals surface area contributed by atoms with Crippen LogP contribution in [0.3, 0.4) is 0 Å². The van der Waals surface area contributed by atoms with Crippen LogP contribution in [0.4, 0.5) is 5.69 Å². The minimum absolute atomic E-state index is 0.0866. The van der Waals surface area contributed by atoms with Crippen molar-refractivity contribution in [2.24, 2.45) is 0 Å². The van der Waals surface area contributed by atoms with Gasteiger partial charge in [0.2, 0.25) is 0 Å². The Morgan fingerprint density at radius 1 is 1.04 bits per heavy atom. The Kier molecular flexibility index (Phi) is 5.53. The summed E-state index contributed by atoms with van der Waals surface area (Å²) in [6.07, 6.45) is 0. The lowest BCUT2D eigenvalue weighted by Gasteiger charge is -2.14. The fourth-order valence-corrected chi connectivity index (χ4v) is 3.57. The Hall–Kier alpha value is -2.14. The van der Waals surface area contributed by atoms with Crippen LogP contribution in [0.25, 0.3) is 10.4 Å². The van der Waals surface area contributed by atoms with E-state index >= 15 is 0 Å². The number of hydrogen-bond donors (Lipinski definition) is 1. The van der Waals surface area contributed by atoms with Crippen molar-refractivity contribution in [1.82, 2.24) is 4.90 Å². The first-order chi connectivity index (χ1) is 12.0. The van der Waals surface area contributed by atoms with Gasteiger partial charge in [0.15, 0.2) is 0 Å². The van der Waals surface area contributed by atoms with Gasteiger partial charge in [0.25, 0.3) is 5.91 Å². The van der Waals surface area contributed by atoms with E-state index in [-0.39, 0.29) is 5.91 Å². The quantitative estimate of drug-likeness (QED) is 0.653. The fourth-order valence-electron chi connectivity index (χ4n) is 2.53. The van der Waals surface area contributed by atoms with Crippen LogP contribution in [0.15, 0.2) is 60.7 Å². The van der Waals surface area contributed by atoms with Gasteiger partial charge in [0.05, 0.1) is 4.88 Å². The average Bonchev–Trinajstić information content (AvgIpc) is 3.07. The Balaban J connectivity index is 1.78. The van der Waals surface area contributed by atoms with Crippen molar-refractivity contribution in [2.45, 2.75) is 6.54 Å². The minimum Gasteiger partial charge on any atom is -0.321 e. The summed E-state index contributed by atoms with van der Waals surface area (Å²) in [7, 11) is 4.02. The molecule has 0 unspecified atom stereocenters. The molecule has 3 aromatic rings. The number of benzene rings is 2. The number of para-hydroxylation sites is 1. The molecule has 0 spiro atoms. The topological polar surface area (TPSA) is 32.3 Å². The maximum atomic E-state index is 12.6. The SMILES string of the molecule is CN(C)Cc1ccccc1NC(=O)c1ccc(-c2ccc(Cl)cc2)s1. The van der Waals surface area contributed by atoms with E-state index in [9.17, 15) is 4.79 Å². The van der Waals surface area contributed by atoms with Crippen molar-refractivity contribution in [3.63, 3.8) is 0 Å². The lowest BCUT2D eigenvalue weighted by atomic mass is 10.1. The lowest BCUT2D eigenvalue weighted by Crippen LogP contribution is -2.15. The zero-order chi connectivity index (χ0) is 17.8. The molecule has 3 rings (SSSR count). The molecule has 1 heterocycles. The Morgan fingerprint density at radius 3 is 2.48 bits per heavy atom. The predicted octanol–water partition coefficient (Wildman–Crippen LogP) is 5.38. The summed E-state index contributed by atoms with van der Waals surface area (Å²) in [5.74, 6) is -0.0866. The normalized spacial score (nSPS) is 10.9. The van der Waals surface area contributed by atoms with E-state index in [2.05, 4.69) is 10.2 Å². The molecule has 0 bridgehead atoms. The number of nitrogens with zero attached hydrogens (tertiary/aromatic N) is 1. The van der Waals surface area contributed by atoms with Gasteiger partial charge in [0.1, 0.15) is 0 Å². The number of amides is 1. The number of hydrogen-bond acceptors (Lipinski definition) is 3. The summed E-state index contributed by atoms with van der Waals surface area (Å²) in [6.45, 7) is 0.775. The Morgan fingerprint density at radius 2 is 1.76 bits per heavy atom. The molecular weight excluding hydrogens is 352 g/mol. The van der Waals surface area contributed by atoms with Crippen molar-refractivity contribution >= 4 is 34.5 Å². The van der Waals surface area contributed by atoms with E-state index in [0.29, 0.717) is 9.90 Å². The molecule has 1 amide bonds. The first-order valence-electron chi connectivity index (χ1n) is 7.92. The highest BCUT2D eigenvalue weighted by molar-refractivity contribution is 7.17. The number of thiophene rings is 1. The molecule has 3 nitrogen and oxygen atoms in total. The zero-order valence-electron chi connectivity index (χ0n) is 14.1. The predicted molar refractivity (Wildman–Crippen MR) is 107 cm³/mol. The van der Waals surface area contributed by atoms with Crippen LogP contribution in [0.1, 0.15) is 15.2 Å². The molecule has 0 aliphatic heterocycles. The van der Waals surface area contributed by atoms with E-state index < -0.39 is 0 Å². The monoisotopic (exact) mass is 370 g/mol. The summed E-state index contributed by atoms with van der Waals surface area (Å²) in [6, 6.07) is 19.3.